The first-order chi connectivity index (χ1) is 7.05. The van der Waals surface area contributed by atoms with E-state index in [1.165, 1.54) is 11.1 Å². The third-order valence-corrected chi connectivity index (χ3v) is 3.71. The minimum Gasteiger partial charge on any atom is -0.388 e. The Balaban J connectivity index is 2.42. The molecule has 0 saturated heterocycles. The largest absolute Gasteiger partial charge is 0.388 e. The van der Waals surface area contributed by atoms with Crippen molar-refractivity contribution in [2.45, 2.75) is 25.2 Å². The molecular weight excluding hydrogens is 206 g/mol. The van der Waals surface area contributed by atoms with E-state index >= 15 is 0 Å². The highest BCUT2D eigenvalue weighted by atomic mass is 32.2. The van der Waals surface area contributed by atoms with Crippen LogP contribution in [0.25, 0.3) is 0 Å². The fourth-order valence-electron chi connectivity index (χ4n) is 1.21. The normalized spacial score (nSPS) is 14.9. The quantitative estimate of drug-likeness (QED) is 0.805. The van der Waals surface area contributed by atoms with Crippen LogP contribution >= 0.6 is 11.8 Å². The summed E-state index contributed by atoms with van der Waals surface area (Å²) in [5.74, 6) is 1.61. The molecule has 2 nitrogen and oxygen atoms in total. The van der Waals surface area contributed by atoms with Gasteiger partial charge >= 0.3 is 0 Å². The topological polar surface area (TPSA) is 46.2 Å². The third-order valence-electron chi connectivity index (χ3n) is 2.37. The van der Waals surface area contributed by atoms with Crippen LogP contribution in [0.3, 0.4) is 0 Å². The average molecular weight is 225 g/mol. The second-order valence-corrected chi connectivity index (χ2v) is 5.11. The van der Waals surface area contributed by atoms with Gasteiger partial charge in [0, 0.05) is 18.1 Å². The van der Waals surface area contributed by atoms with E-state index < -0.39 is 5.60 Å². The molecule has 1 aromatic carbocycles. The minimum atomic E-state index is -0.743. The molecule has 3 heteroatoms. The van der Waals surface area contributed by atoms with Crippen LogP contribution < -0.4 is 5.73 Å². The molecule has 0 radical (unpaired) electrons. The van der Waals surface area contributed by atoms with Crippen LogP contribution in [-0.4, -0.2) is 23.0 Å². The van der Waals surface area contributed by atoms with E-state index in [1.807, 2.05) is 12.1 Å². The fourth-order valence-corrected chi connectivity index (χ4v) is 2.42. The molecule has 1 aromatic rings. The molecule has 1 unspecified atom stereocenters. The number of benzene rings is 1. The van der Waals surface area contributed by atoms with Crippen molar-refractivity contribution in [2.24, 2.45) is 5.73 Å². The zero-order chi connectivity index (χ0) is 11.3. The lowest BCUT2D eigenvalue weighted by Gasteiger charge is -2.20. The number of nitrogens with two attached hydrogens (primary N) is 1. The molecule has 15 heavy (non-hydrogen) atoms. The summed E-state index contributed by atoms with van der Waals surface area (Å²) in [6.07, 6.45) is 0. The minimum absolute atomic E-state index is 0.313. The zero-order valence-electron chi connectivity index (χ0n) is 9.36. The van der Waals surface area contributed by atoms with Gasteiger partial charge in [-0.2, -0.15) is 11.8 Å². The number of aliphatic hydroxyl groups is 1. The van der Waals surface area contributed by atoms with E-state index in [4.69, 9.17) is 5.73 Å². The van der Waals surface area contributed by atoms with Crippen LogP contribution in [0.2, 0.25) is 0 Å². The molecule has 1 rings (SSSR count). The van der Waals surface area contributed by atoms with Gasteiger partial charge < -0.3 is 10.8 Å². The molecule has 0 fully saturated rings. The molecule has 0 saturated carbocycles. The second-order valence-electron chi connectivity index (χ2n) is 4.12. The molecule has 0 bridgehead atoms. The highest BCUT2D eigenvalue weighted by Crippen LogP contribution is 2.19. The average Bonchev–Trinajstić information content (AvgIpc) is 2.21. The summed E-state index contributed by atoms with van der Waals surface area (Å²) in [4.78, 5) is 0. The first kappa shape index (κ1) is 12.6. The van der Waals surface area contributed by atoms with Crippen molar-refractivity contribution >= 4 is 11.8 Å². The molecule has 0 aliphatic heterocycles. The molecule has 0 aromatic heterocycles. The Kier molecular flexibility index (Phi) is 4.64. The van der Waals surface area contributed by atoms with E-state index in [1.54, 1.807) is 18.7 Å². The summed E-state index contributed by atoms with van der Waals surface area (Å²) < 4.78 is 0. The standard InChI is InChI=1S/C12H19NOS/c1-10-5-3-4-6-11(10)7-15-9-12(2,14)8-13/h3-6,14H,7-9,13H2,1-2H3. The smallest absolute Gasteiger partial charge is 0.0831 e. The van der Waals surface area contributed by atoms with Gasteiger partial charge in [-0.05, 0) is 25.0 Å². The summed E-state index contributed by atoms with van der Waals surface area (Å²) >= 11 is 1.72. The Morgan fingerprint density at radius 1 is 1.40 bits per heavy atom. The zero-order valence-corrected chi connectivity index (χ0v) is 10.2. The first-order valence-electron chi connectivity index (χ1n) is 5.10. The second kappa shape index (κ2) is 5.54. The number of thioether (sulfide) groups is 1. The molecule has 84 valence electrons. The summed E-state index contributed by atoms with van der Waals surface area (Å²) in [5.41, 5.74) is 7.34. The van der Waals surface area contributed by atoms with E-state index in [2.05, 4.69) is 19.1 Å². The number of aryl methyl sites for hydroxylation is 1. The van der Waals surface area contributed by atoms with Crippen LogP contribution in [0, 0.1) is 6.92 Å². The van der Waals surface area contributed by atoms with Crippen molar-refractivity contribution in [3.05, 3.63) is 35.4 Å². The maximum atomic E-state index is 9.72. The first-order valence-corrected chi connectivity index (χ1v) is 6.25. The van der Waals surface area contributed by atoms with E-state index in [-0.39, 0.29) is 0 Å². The molecular formula is C12H19NOS. The Morgan fingerprint density at radius 2 is 2.07 bits per heavy atom. The third kappa shape index (κ3) is 4.24. The van der Waals surface area contributed by atoms with E-state index in [0.29, 0.717) is 12.3 Å². The Morgan fingerprint density at radius 3 is 2.67 bits per heavy atom. The fraction of sp³-hybridized carbons (Fsp3) is 0.500. The molecule has 0 aliphatic carbocycles. The van der Waals surface area contributed by atoms with Crippen molar-refractivity contribution < 1.29 is 5.11 Å². The van der Waals surface area contributed by atoms with Crippen molar-refractivity contribution in [3.8, 4) is 0 Å². The van der Waals surface area contributed by atoms with Gasteiger partial charge in [-0.1, -0.05) is 24.3 Å². The maximum absolute atomic E-state index is 9.72. The predicted octanol–water partition coefficient (Wildman–Crippen LogP) is 1.94. The van der Waals surface area contributed by atoms with Gasteiger partial charge in [0.2, 0.25) is 0 Å². The molecule has 1 atom stereocenters. The monoisotopic (exact) mass is 225 g/mol. The van der Waals surface area contributed by atoms with Gasteiger partial charge in [0.15, 0.2) is 0 Å². The lowest BCUT2D eigenvalue weighted by Crippen LogP contribution is -2.36. The van der Waals surface area contributed by atoms with Crippen molar-refractivity contribution in [3.63, 3.8) is 0 Å². The van der Waals surface area contributed by atoms with E-state index in [9.17, 15) is 5.11 Å². The lowest BCUT2D eigenvalue weighted by atomic mass is 10.1. The van der Waals surface area contributed by atoms with Gasteiger partial charge in [-0.3, -0.25) is 0 Å². The predicted molar refractivity (Wildman–Crippen MR) is 67.0 cm³/mol. The van der Waals surface area contributed by atoms with Crippen LogP contribution in [0.5, 0.6) is 0 Å². The van der Waals surface area contributed by atoms with Crippen LogP contribution in [0.1, 0.15) is 18.1 Å². The van der Waals surface area contributed by atoms with Crippen LogP contribution in [-0.2, 0) is 5.75 Å². The molecule has 0 amide bonds. The summed E-state index contributed by atoms with van der Waals surface area (Å²) in [6.45, 7) is 4.20. The molecule has 0 heterocycles. The number of rotatable bonds is 5. The van der Waals surface area contributed by atoms with Crippen molar-refractivity contribution in [1.29, 1.82) is 0 Å². The van der Waals surface area contributed by atoms with Gasteiger partial charge in [0.1, 0.15) is 0 Å². The van der Waals surface area contributed by atoms with E-state index in [0.717, 1.165) is 5.75 Å². The highest BCUT2D eigenvalue weighted by Gasteiger charge is 2.17. The molecule has 0 aliphatic rings. The summed E-state index contributed by atoms with van der Waals surface area (Å²) in [6, 6.07) is 8.32. The van der Waals surface area contributed by atoms with Gasteiger partial charge in [-0.15, -0.1) is 0 Å². The van der Waals surface area contributed by atoms with Crippen molar-refractivity contribution in [1.82, 2.24) is 0 Å². The van der Waals surface area contributed by atoms with Crippen LogP contribution in [0.4, 0.5) is 0 Å². The number of hydrogen-bond donors (Lipinski definition) is 2. The Bertz CT molecular complexity index is 312. The molecule has 3 N–H and O–H groups in total. The maximum Gasteiger partial charge on any atom is 0.0831 e. The highest BCUT2D eigenvalue weighted by molar-refractivity contribution is 7.98. The van der Waals surface area contributed by atoms with Crippen LogP contribution in [0.15, 0.2) is 24.3 Å². The Hall–Kier alpha value is -0.510. The summed E-state index contributed by atoms with van der Waals surface area (Å²) in [7, 11) is 0. The SMILES string of the molecule is Cc1ccccc1CSCC(C)(O)CN. The molecule has 0 spiro atoms. The summed E-state index contributed by atoms with van der Waals surface area (Å²) in [5, 5.41) is 9.72. The van der Waals surface area contributed by atoms with Gasteiger partial charge in [0.05, 0.1) is 5.60 Å². The number of hydrogen-bond acceptors (Lipinski definition) is 3. The van der Waals surface area contributed by atoms with Gasteiger partial charge in [-0.25, -0.2) is 0 Å². The van der Waals surface area contributed by atoms with Gasteiger partial charge in [0.25, 0.3) is 0 Å². The lowest BCUT2D eigenvalue weighted by molar-refractivity contribution is 0.0949. The van der Waals surface area contributed by atoms with Crippen molar-refractivity contribution in [2.75, 3.05) is 12.3 Å². The Labute approximate surface area is 95.9 Å².